The Labute approximate surface area is 82.2 Å². The molecule has 0 aliphatic carbocycles. The fourth-order valence-electron chi connectivity index (χ4n) is 0.523. The summed E-state index contributed by atoms with van der Waals surface area (Å²) < 4.78 is 2.38. The van der Waals surface area contributed by atoms with E-state index in [-0.39, 0.29) is 5.91 Å². The quantitative estimate of drug-likeness (QED) is 0.384. The lowest BCUT2D eigenvalue weighted by Gasteiger charge is -2.02. The molecule has 0 aromatic rings. The second-order valence-corrected chi connectivity index (χ2v) is 4.00. The first-order valence-corrected chi connectivity index (χ1v) is 4.94. The zero-order valence-corrected chi connectivity index (χ0v) is 8.92. The van der Waals surface area contributed by atoms with Gasteiger partial charge in [-0.15, -0.1) is 0 Å². The highest BCUT2D eigenvalue weighted by atomic mass is 127. The van der Waals surface area contributed by atoms with Crippen molar-refractivity contribution in [2.75, 3.05) is 7.05 Å². The molecule has 0 N–H and O–H groups in total. The number of likely N-dealkylation sites (N-methyl/N-ethyl adjacent to an activating group) is 1. The summed E-state index contributed by atoms with van der Waals surface area (Å²) in [6.07, 6.45) is 0. The van der Waals surface area contributed by atoms with Crippen LogP contribution in [0.25, 0.3) is 0 Å². The summed E-state index contributed by atoms with van der Waals surface area (Å²) in [5, 5.41) is 0. The predicted octanol–water partition coefficient (Wildman–Crippen LogP) is 1.75. The molecule has 0 atom stereocenters. The summed E-state index contributed by atoms with van der Waals surface area (Å²) >= 11 is 8.26. The lowest BCUT2D eigenvalue weighted by molar-refractivity contribution is -0.121. The Kier molecular flexibility index (Phi) is 2.70. The number of thiocarbonyl (C=S) groups is 1. The van der Waals surface area contributed by atoms with E-state index in [0.717, 1.165) is 0 Å². The number of nitrogens with zero attached hydrogens (tertiary/aromatic N) is 1. The average Bonchev–Trinajstić information content (AvgIpc) is 2.17. The van der Waals surface area contributed by atoms with Crippen molar-refractivity contribution in [2.24, 2.45) is 0 Å². The van der Waals surface area contributed by atoms with Crippen LogP contribution in [0.5, 0.6) is 0 Å². The van der Waals surface area contributed by atoms with Crippen molar-refractivity contribution in [1.29, 1.82) is 0 Å². The van der Waals surface area contributed by atoms with Gasteiger partial charge in [0.1, 0.15) is 4.32 Å². The van der Waals surface area contributed by atoms with E-state index in [4.69, 9.17) is 12.2 Å². The molecule has 1 saturated heterocycles. The molecule has 5 heteroatoms. The molecule has 54 valence electrons. The van der Waals surface area contributed by atoms with Crippen LogP contribution in [0.2, 0.25) is 0 Å². The molecule has 1 aliphatic heterocycles. The van der Waals surface area contributed by atoms with Gasteiger partial charge in [-0.05, 0) is 4.08 Å². The number of thioether (sulfide) groups is 1. The van der Waals surface area contributed by atoms with Gasteiger partial charge >= 0.3 is 0 Å². The molecule has 1 amide bonds. The highest BCUT2D eigenvalue weighted by molar-refractivity contribution is 14.1. The van der Waals surface area contributed by atoms with E-state index in [2.05, 4.69) is 0 Å². The third kappa shape index (κ3) is 1.35. The molecule has 0 saturated carbocycles. The summed E-state index contributed by atoms with van der Waals surface area (Å²) in [7, 11) is 1.69. The second-order valence-electron chi connectivity index (χ2n) is 1.71. The van der Waals surface area contributed by atoms with Gasteiger partial charge in [-0.1, -0.05) is 46.6 Å². The van der Waals surface area contributed by atoms with E-state index in [1.54, 1.807) is 11.1 Å². The summed E-state index contributed by atoms with van der Waals surface area (Å²) in [6.45, 7) is 0. The molecular formula is C5H4INOS2. The van der Waals surface area contributed by atoms with Crippen LogP contribution in [0.3, 0.4) is 0 Å². The first-order valence-electron chi connectivity index (χ1n) is 2.47. The first-order chi connectivity index (χ1) is 4.66. The van der Waals surface area contributed by atoms with Crippen molar-refractivity contribution in [2.45, 2.75) is 0 Å². The van der Waals surface area contributed by atoms with Gasteiger partial charge in [0.05, 0.1) is 4.91 Å². The zero-order valence-electron chi connectivity index (χ0n) is 5.13. The molecule has 0 unspecified atom stereocenters. The van der Waals surface area contributed by atoms with Crippen LogP contribution < -0.4 is 0 Å². The molecule has 0 spiro atoms. The monoisotopic (exact) mass is 285 g/mol. The van der Waals surface area contributed by atoms with Gasteiger partial charge in [-0.25, -0.2) is 0 Å². The minimum atomic E-state index is 0.00407. The third-order valence-electron chi connectivity index (χ3n) is 1.09. The fraction of sp³-hybridized carbons (Fsp3) is 0.200. The van der Waals surface area contributed by atoms with Gasteiger partial charge in [-0.2, -0.15) is 0 Å². The molecule has 2 nitrogen and oxygen atoms in total. The highest BCUT2D eigenvalue weighted by Crippen LogP contribution is 2.30. The predicted molar refractivity (Wildman–Crippen MR) is 55.1 cm³/mol. The topological polar surface area (TPSA) is 20.3 Å². The molecule has 0 aromatic carbocycles. The maximum absolute atomic E-state index is 11.1. The van der Waals surface area contributed by atoms with E-state index in [9.17, 15) is 4.79 Å². The normalized spacial score (nSPS) is 23.0. The molecule has 10 heavy (non-hydrogen) atoms. The standard InChI is InChI=1S/C5H4INOS2/c1-7-4(8)3(2-6)10-5(7)9/h2H,1H3/b3-2-. The van der Waals surface area contributed by atoms with Gasteiger partial charge < -0.3 is 0 Å². The van der Waals surface area contributed by atoms with Crippen LogP contribution in [-0.4, -0.2) is 22.2 Å². The van der Waals surface area contributed by atoms with Crippen molar-refractivity contribution in [3.8, 4) is 0 Å². The Hall–Kier alpha value is 0.380. The van der Waals surface area contributed by atoms with Gasteiger partial charge in [0.2, 0.25) is 0 Å². The molecule has 1 heterocycles. The maximum Gasteiger partial charge on any atom is 0.266 e. The van der Waals surface area contributed by atoms with Gasteiger partial charge in [0.15, 0.2) is 0 Å². The average molecular weight is 285 g/mol. The van der Waals surface area contributed by atoms with Crippen LogP contribution >= 0.6 is 46.6 Å². The van der Waals surface area contributed by atoms with Crippen molar-refractivity contribution < 1.29 is 4.79 Å². The number of hydrogen-bond donors (Lipinski definition) is 0. The number of halogens is 1. The third-order valence-corrected chi connectivity index (χ3v) is 3.62. The van der Waals surface area contributed by atoms with Crippen LogP contribution in [0.15, 0.2) is 8.99 Å². The molecule has 1 rings (SSSR count). The minimum Gasteiger partial charge on any atom is -0.296 e. The summed E-state index contributed by atoms with van der Waals surface area (Å²) in [6, 6.07) is 0. The second kappa shape index (κ2) is 3.19. The smallest absolute Gasteiger partial charge is 0.266 e. The summed E-state index contributed by atoms with van der Waals surface area (Å²) in [5.41, 5.74) is 0. The largest absolute Gasteiger partial charge is 0.296 e. The number of hydrogen-bond acceptors (Lipinski definition) is 3. The molecule has 1 fully saturated rings. The first kappa shape index (κ1) is 8.48. The fourth-order valence-corrected chi connectivity index (χ4v) is 2.20. The highest BCUT2D eigenvalue weighted by Gasteiger charge is 2.27. The minimum absolute atomic E-state index is 0.00407. The Morgan fingerprint density at radius 3 is 2.60 bits per heavy atom. The number of amides is 1. The van der Waals surface area contributed by atoms with E-state index in [0.29, 0.717) is 9.23 Å². The number of carbonyl (C=O) groups excluding carboxylic acids is 1. The Morgan fingerprint density at radius 2 is 2.40 bits per heavy atom. The van der Waals surface area contributed by atoms with E-state index < -0.39 is 0 Å². The maximum atomic E-state index is 11.1. The van der Waals surface area contributed by atoms with Gasteiger partial charge in [0, 0.05) is 7.05 Å². The SMILES string of the molecule is CN1C(=O)/C(=C/I)SC1=S. The molecule has 0 radical (unpaired) electrons. The Morgan fingerprint density at radius 1 is 1.80 bits per heavy atom. The van der Waals surface area contributed by atoms with Crippen LogP contribution in [0.1, 0.15) is 0 Å². The number of rotatable bonds is 0. The van der Waals surface area contributed by atoms with Crippen LogP contribution in [-0.2, 0) is 4.79 Å². The Balaban J connectivity index is 2.92. The molecule has 0 bridgehead atoms. The van der Waals surface area contributed by atoms with Crippen LogP contribution in [0.4, 0.5) is 0 Å². The Bertz CT molecular complexity index is 226. The lowest BCUT2D eigenvalue weighted by atomic mass is 10.5. The lowest BCUT2D eigenvalue weighted by Crippen LogP contribution is -2.22. The van der Waals surface area contributed by atoms with Crippen molar-refractivity contribution >= 4 is 56.8 Å². The van der Waals surface area contributed by atoms with Gasteiger partial charge in [-0.3, -0.25) is 9.69 Å². The van der Waals surface area contributed by atoms with E-state index in [1.165, 1.54) is 16.7 Å². The molecule has 1 aliphatic rings. The van der Waals surface area contributed by atoms with Crippen molar-refractivity contribution in [3.63, 3.8) is 0 Å². The van der Waals surface area contributed by atoms with E-state index in [1.807, 2.05) is 22.6 Å². The molecular weight excluding hydrogens is 281 g/mol. The van der Waals surface area contributed by atoms with Crippen molar-refractivity contribution in [3.05, 3.63) is 8.99 Å². The zero-order chi connectivity index (χ0) is 7.72. The summed E-state index contributed by atoms with van der Waals surface area (Å²) in [4.78, 5) is 13.3. The van der Waals surface area contributed by atoms with Crippen molar-refractivity contribution in [1.82, 2.24) is 4.90 Å². The van der Waals surface area contributed by atoms with Gasteiger partial charge in [0.25, 0.3) is 5.91 Å². The number of carbonyl (C=O) groups is 1. The van der Waals surface area contributed by atoms with E-state index >= 15 is 0 Å². The molecule has 0 aromatic heterocycles. The summed E-state index contributed by atoms with van der Waals surface area (Å²) in [5.74, 6) is 0.00407. The van der Waals surface area contributed by atoms with Crippen LogP contribution in [0, 0.1) is 0 Å².